The normalized spacial score (nSPS) is 11.2. The highest BCUT2D eigenvalue weighted by atomic mass is 16.5. The largest absolute Gasteiger partial charge is 0.488 e. The SMILES string of the molecule is Cc1ccc(N=Cc2c(OCc3ccc(C(=O)O)cc3)ccc3ccccc23)c(C)c1. The zero-order valence-corrected chi connectivity index (χ0v) is 17.5. The first kappa shape index (κ1) is 20.4. The fourth-order valence-electron chi connectivity index (χ4n) is 3.52. The van der Waals surface area contributed by atoms with Crippen molar-refractivity contribution in [1.29, 1.82) is 0 Å². The molecule has 0 aliphatic heterocycles. The van der Waals surface area contributed by atoms with Crippen molar-refractivity contribution in [1.82, 2.24) is 0 Å². The molecule has 0 amide bonds. The van der Waals surface area contributed by atoms with Gasteiger partial charge in [0.15, 0.2) is 0 Å². The van der Waals surface area contributed by atoms with Crippen molar-refractivity contribution < 1.29 is 14.6 Å². The molecular formula is C27H23NO3. The van der Waals surface area contributed by atoms with Crippen LogP contribution < -0.4 is 4.74 Å². The van der Waals surface area contributed by atoms with Crippen LogP contribution in [-0.4, -0.2) is 17.3 Å². The number of hydrogen-bond donors (Lipinski definition) is 1. The third kappa shape index (κ3) is 4.64. The number of fused-ring (bicyclic) bond motifs is 1. The lowest BCUT2D eigenvalue weighted by Crippen LogP contribution is -2.01. The Hall–Kier alpha value is -3.92. The Labute approximate surface area is 181 Å². The van der Waals surface area contributed by atoms with Gasteiger partial charge in [-0.05, 0) is 60.0 Å². The summed E-state index contributed by atoms with van der Waals surface area (Å²) in [4.78, 5) is 15.8. The van der Waals surface area contributed by atoms with E-state index in [2.05, 4.69) is 38.1 Å². The van der Waals surface area contributed by atoms with Crippen molar-refractivity contribution in [3.8, 4) is 5.75 Å². The maximum Gasteiger partial charge on any atom is 0.335 e. The highest BCUT2D eigenvalue weighted by Crippen LogP contribution is 2.29. The maximum absolute atomic E-state index is 11.0. The number of rotatable bonds is 6. The molecule has 0 aliphatic carbocycles. The highest BCUT2D eigenvalue weighted by Gasteiger charge is 2.09. The van der Waals surface area contributed by atoms with E-state index in [1.165, 1.54) is 5.56 Å². The number of hydrogen-bond acceptors (Lipinski definition) is 3. The molecule has 31 heavy (non-hydrogen) atoms. The summed E-state index contributed by atoms with van der Waals surface area (Å²) in [6, 6.07) is 25.1. The molecule has 0 bridgehead atoms. The molecule has 0 spiro atoms. The van der Waals surface area contributed by atoms with E-state index in [4.69, 9.17) is 14.8 Å². The average Bonchev–Trinajstić information content (AvgIpc) is 2.77. The van der Waals surface area contributed by atoms with Gasteiger partial charge in [-0.15, -0.1) is 0 Å². The molecule has 4 nitrogen and oxygen atoms in total. The van der Waals surface area contributed by atoms with E-state index in [9.17, 15) is 4.79 Å². The van der Waals surface area contributed by atoms with Gasteiger partial charge in [-0.2, -0.15) is 0 Å². The van der Waals surface area contributed by atoms with E-state index in [1.807, 2.05) is 36.5 Å². The number of carboxylic acids is 1. The molecule has 1 N–H and O–H groups in total. The Kier molecular flexibility index (Phi) is 5.80. The smallest absolute Gasteiger partial charge is 0.335 e. The lowest BCUT2D eigenvalue weighted by atomic mass is 10.0. The third-order valence-corrected chi connectivity index (χ3v) is 5.21. The summed E-state index contributed by atoms with van der Waals surface area (Å²) in [5.41, 5.74) is 5.33. The van der Waals surface area contributed by atoms with Crippen molar-refractivity contribution in [3.63, 3.8) is 0 Å². The standard InChI is InChI=1S/C27H23NO3/c1-18-7-13-25(19(2)15-18)28-16-24-23-6-4-3-5-21(23)12-14-26(24)31-17-20-8-10-22(11-9-20)27(29)30/h3-16H,17H2,1-2H3,(H,29,30). The fraction of sp³-hybridized carbons (Fsp3) is 0.111. The first-order valence-corrected chi connectivity index (χ1v) is 10.1. The summed E-state index contributed by atoms with van der Waals surface area (Å²) in [6.45, 7) is 4.46. The number of carboxylic acid groups (broad SMARTS) is 1. The quantitative estimate of drug-likeness (QED) is 0.371. The molecule has 4 heteroatoms. The van der Waals surface area contributed by atoms with Crippen LogP contribution in [0.25, 0.3) is 10.8 Å². The minimum Gasteiger partial charge on any atom is -0.488 e. The maximum atomic E-state index is 11.0. The molecule has 0 fully saturated rings. The molecule has 0 saturated heterocycles. The van der Waals surface area contributed by atoms with Gasteiger partial charge >= 0.3 is 5.97 Å². The van der Waals surface area contributed by atoms with Gasteiger partial charge in [-0.25, -0.2) is 4.79 Å². The molecule has 0 aliphatic rings. The Bertz CT molecular complexity index is 1270. The molecule has 4 aromatic rings. The molecule has 4 aromatic carbocycles. The van der Waals surface area contributed by atoms with Gasteiger partial charge in [0.2, 0.25) is 0 Å². The number of aryl methyl sites for hydroxylation is 2. The molecule has 4 rings (SSSR count). The highest BCUT2D eigenvalue weighted by molar-refractivity contribution is 6.03. The van der Waals surface area contributed by atoms with Crippen molar-refractivity contribution in [2.45, 2.75) is 20.5 Å². The molecule has 0 radical (unpaired) electrons. The Morgan fingerprint density at radius 1 is 0.968 bits per heavy atom. The van der Waals surface area contributed by atoms with Crippen LogP contribution in [0.2, 0.25) is 0 Å². The Balaban J connectivity index is 1.66. The molecular weight excluding hydrogens is 386 g/mol. The van der Waals surface area contributed by atoms with Crippen LogP contribution in [0.1, 0.15) is 32.6 Å². The topological polar surface area (TPSA) is 58.9 Å². The van der Waals surface area contributed by atoms with Gasteiger partial charge < -0.3 is 9.84 Å². The Morgan fingerprint density at radius 3 is 2.48 bits per heavy atom. The van der Waals surface area contributed by atoms with Crippen LogP contribution in [0.3, 0.4) is 0 Å². The second-order valence-electron chi connectivity index (χ2n) is 7.54. The van der Waals surface area contributed by atoms with E-state index >= 15 is 0 Å². The molecule has 0 aromatic heterocycles. The van der Waals surface area contributed by atoms with Crippen molar-refractivity contribution in [3.05, 3.63) is 107 Å². The number of carbonyl (C=O) groups is 1. The molecule has 0 saturated carbocycles. The molecule has 0 unspecified atom stereocenters. The van der Waals surface area contributed by atoms with Gasteiger partial charge in [0.1, 0.15) is 12.4 Å². The number of ether oxygens (including phenoxy) is 1. The zero-order chi connectivity index (χ0) is 21.8. The van der Waals surface area contributed by atoms with Gasteiger partial charge in [-0.1, -0.05) is 60.2 Å². The predicted octanol–water partition coefficient (Wildman–Crippen LogP) is 6.48. The van der Waals surface area contributed by atoms with E-state index in [1.54, 1.807) is 24.3 Å². The zero-order valence-electron chi connectivity index (χ0n) is 17.5. The van der Waals surface area contributed by atoms with Gasteiger partial charge in [-0.3, -0.25) is 4.99 Å². The monoisotopic (exact) mass is 409 g/mol. The van der Waals surface area contributed by atoms with Gasteiger partial charge in [0.05, 0.1) is 11.3 Å². The van der Waals surface area contributed by atoms with Gasteiger partial charge in [0, 0.05) is 11.8 Å². The number of aromatic carboxylic acids is 1. The average molecular weight is 409 g/mol. The van der Waals surface area contributed by atoms with E-state index in [-0.39, 0.29) is 5.56 Å². The summed E-state index contributed by atoms with van der Waals surface area (Å²) in [6.07, 6.45) is 1.86. The summed E-state index contributed by atoms with van der Waals surface area (Å²) < 4.78 is 6.13. The number of benzene rings is 4. The van der Waals surface area contributed by atoms with Crippen LogP contribution >= 0.6 is 0 Å². The molecule has 0 atom stereocenters. The van der Waals surface area contributed by atoms with E-state index in [0.29, 0.717) is 6.61 Å². The lowest BCUT2D eigenvalue weighted by Gasteiger charge is -2.12. The second-order valence-corrected chi connectivity index (χ2v) is 7.54. The van der Waals surface area contributed by atoms with Crippen LogP contribution in [0.15, 0.2) is 83.9 Å². The van der Waals surface area contributed by atoms with Gasteiger partial charge in [0.25, 0.3) is 0 Å². The van der Waals surface area contributed by atoms with Crippen LogP contribution in [0.4, 0.5) is 5.69 Å². The summed E-state index contributed by atoms with van der Waals surface area (Å²) in [5.74, 6) is -0.207. The fourth-order valence-corrected chi connectivity index (χ4v) is 3.52. The Morgan fingerprint density at radius 2 is 1.74 bits per heavy atom. The van der Waals surface area contributed by atoms with Crippen LogP contribution in [0.5, 0.6) is 5.75 Å². The summed E-state index contributed by atoms with van der Waals surface area (Å²) in [7, 11) is 0. The van der Waals surface area contributed by atoms with E-state index < -0.39 is 5.97 Å². The van der Waals surface area contributed by atoms with Crippen molar-refractivity contribution in [2.75, 3.05) is 0 Å². The minimum absolute atomic E-state index is 0.260. The van der Waals surface area contributed by atoms with E-state index in [0.717, 1.165) is 38.9 Å². The van der Waals surface area contributed by atoms with Crippen LogP contribution in [0, 0.1) is 13.8 Å². The lowest BCUT2D eigenvalue weighted by molar-refractivity contribution is 0.0697. The number of nitrogens with zero attached hydrogens (tertiary/aromatic N) is 1. The molecule has 154 valence electrons. The number of aliphatic imine (C=N–C) groups is 1. The first-order chi connectivity index (χ1) is 15.0. The molecule has 0 heterocycles. The van der Waals surface area contributed by atoms with Crippen LogP contribution in [-0.2, 0) is 6.61 Å². The summed E-state index contributed by atoms with van der Waals surface area (Å²) in [5, 5.41) is 11.2. The second kappa shape index (κ2) is 8.84. The van der Waals surface area contributed by atoms with Crippen molar-refractivity contribution >= 4 is 28.6 Å². The summed E-state index contributed by atoms with van der Waals surface area (Å²) >= 11 is 0. The predicted molar refractivity (Wildman–Crippen MR) is 125 cm³/mol. The van der Waals surface area contributed by atoms with Crippen molar-refractivity contribution in [2.24, 2.45) is 4.99 Å². The third-order valence-electron chi connectivity index (χ3n) is 5.21. The minimum atomic E-state index is -0.938. The first-order valence-electron chi connectivity index (χ1n) is 10.1.